The van der Waals surface area contributed by atoms with E-state index in [0.717, 1.165) is 32.2 Å². The van der Waals surface area contributed by atoms with E-state index in [1.54, 1.807) is 0 Å². The molecule has 0 bridgehead atoms. The fourth-order valence-corrected chi connectivity index (χ4v) is 2.40. The zero-order chi connectivity index (χ0) is 13.9. The van der Waals surface area contributed by atoms with E-state index in [-0.39, 0.29) is 11.4 Å². The molecule has 0 spiro atoms. The molecular weight excluding hydrogens is 256 g/mol. The van der Waals surface area contributed by atoms with Gasteiger partial charge in [-0.3, -0.25) is 9.78 Å². The lowest BCUT2D eigenvalue weighted by atomic mass is 10.2. The van der Waals surface area contributed by atoms with Gasteiger partial charge in [-0.1, -0.05) is 18.2 Å². The molecule has 0 aliphatic carbocycles. The largest absolute Gasteiger partial charge is 0.493 e. The van der Waals surface area contributed by atoms with Gasteiger partial charge < -0.3 is 14.9 Å². The normalized spacial score (nSPS) is 15.4. The van der Waals surface area contributed by atoms with Gasteiger partial charge in [0, 0.05) is 31.9 Å². The van der Waals surface area contributed by atoms with E-state index < -0.39 is 0 Å². The molecule has 1 aromatic carbocycles. The van der Waals surface area contributed by atoms with Crippen LogP contribution in [0.2, 0.25) is 0 Å². The van der Waals surface area contributed by atoms with Gasteiger partial charge >= 0.3 is 0 Å². The molecular formula is C14H16N4O2. The summed E-state index contributed by atoms with van der Waals surface area (Å²) in [6.07, 6.45) is 0. The first-order valence-corrected chi connectivity index (χ1v) is 6.58. The highest BCUT2D eigenvalue weighted by atomic mass is 16.3. The summed E-state index contributed by atoms with van der Waals surface area (Å²) in [4.78, 5) is 22.2. The maximum absolute atomic E-state index is 11.3. The SMILES string of the molecule is O=c1cc(O)nc(N2CCN(c3ccccc3)CC2)[nH]1. The lowest BCUT2D eigenvalue weighted by Crippen LogP contribution is -2.47. The van der Waals surface area contributed by atoms with Crippen molar-refractivity contribution in [3.8, 4) is 5.88 Å². The summed E-state index contributed by atoms with van der Waals surface area (Å²) < 4.78 is 0. The Balaban J connectivity index is 1.71. The average Bonchev–Trinajstić information content (AvgIpc) is 2.47. The fourth-order valence-electron chi connectivity index (χ4n) is 2.40. The van der Waals surface area contributed by atoms with E-state index in [0.29, 0.717) is 5.95 Å². The number of aromatic hydroxyl groups is 1. The van der Waals surface area contributed by atoms with Crippen LogP contribution in [0.4, 0.5) is 11.6 Å². The zero-order valence-electron chi connectivity index (χ0n) is 11.0. The van der Waals surface area contributed by atoms with Crippen LogP contribution in [0.15, 0.2) is 41.2 Å². The molecule has 6 heteroatoms. The quantitative estimate of drug-likeness (QED) is 0.846. The van der Waals surface area contributed by atoms with Gasteiger partial charge in [0.2, 0.25) is 11.8 Å². The van der Waals surface area contributed by atoms with Gasteiger partial charge in [-0.2, -0.15) is 4.98 Å². The molecule has 104 valence electrons. The first-order chi connectivity index (χ1) is 9.72. The Morgan fingerprint density at radius 1 is 1.05 bits per heavy atom. The van der Waals surface area contributed by atoms with E-state index >= 15 is 0 Å². The zero-order valence-corrected chi connectivity index (χ0v) is 11.0. The Morgan fingerprint density at radius 2 is 1.70 bits per heavy atom. The predicted octanol–water partition coefficient (Wildman–Crippen LogP) is 0.802. The molecule has 0 atom stereocenters. The number of aromatic nitrogens is 2. The summed E-state index contributed by atoms with van der Waals surface area (Å²) in [5, 5.41) is 9.39. The number of nitrogens with zero attached hydrogens (tertiary/aromatic N) is 3. The minimum absolute atomic E-state index is 0.241. The summed E-state index contributed by atoms with van der Waals surface area (Å²) in [6.45, 7) is 3.20. The number of hydrogen-bond acceptors (Lipinski definition) is 5. The van der Waals surface area contributed by atoms with Gasteiger partial charge in [0.15, 0.2) is 0 Å². The molecule has 3 rings (SSSR count). The minimum Gasteiger partial charge on any atom is -0.493 e. The van der Waals surface area contributed by atoms with Crippen molar-refractivity contribution in [1.29, 1.82) is 0 Å². The molecule has 2 heterocycles. The highest BCUT2D eigenvalue weighted by Crippen LogP contribution is 2.18. The number of piperazine rings is 1. The number of benzene rings is 1. The van der Waals surface area contributed by atoms with Gasteiger partial charge in [0.25, 0.3) is 5.56 Å². The fraction of sp³-hybridized carbons (Fsp3) is 0.286. The maximum Gasteiger partial charge on any atom is 0.256 e. The first-order valence-electron chi connectivity index (χ1n) is 6.58. The Kier molecular flexibility index (Phi) is 3.28. The van der Waals surface area contributed by atoms with Crippen molar-refractivity contribution in [2.24, 2.45) is 0 Å². The number of anilines is 2. The lowest BCUT2D eigenvalue weighted by molar-refractivity contribution is 0.450. The molecule has 20 heavy (non-hydrogen) atoms. The van der Waals surface area contributed by atoms with Gasteiger partial charge in [0.1, 0.15) is 0 Å². The summed E-state index contributed by atoms with van der Waals surface area (Å²) >= 11 is 0. The number of nitrogens with one attached hydrogen (secondary N) is 1. The second kappa shape index (κ2) is 5.24. The van der Waals surface area contributed by atoms with Crippen molar-refractivity contribution in [2.75, 3.05) is 36.0 Å². The van der Waals surface area contributed by atoms with E-state index in [9.17, 15) is 9.90 Å². The molecule has 1 fully saturated rings. The van der Waals surface area contributed by atoms with Crippen LogP contribution in [0.3, 0.4) is 0 Å². The molecule has 2 aromatic rings. The Hall–Kier alpha value is -2.50. The van der Waals surface area contributed by atoms with Crippen LogP contribution in [0, 0.1) is 0 Å². The van der Waals surface area contributed by atoms with Crippen molar-refractivity contribution in [3.05, 3.63) is 46.8 Å². The highest BCUT2D eigenvalue weighted by Gasteiger charge is 2.19. The van der Waals surface area contributed by atoms with E-state index in [1.807, 2.05) is 23.1 Å². The second-order valence-corrected chi connectivity index (χ2v) is 4.74. The van der Waals surface area contributed by atoms with Gasteiger partial charge in [-0.05, 0) is 12.1 Å². The van der Waals surface area contributed by atoms with Crippen LogP contribution in [0.25, 0.3) is 0 Å². The third-order valence-corrected chi connectivity index (χ3v) is 3.42. The Labute approximate surface area is 116 Å². The number of aromatic amines is 1. The van der Waals surface area contributed by atoms with Crippen molar-refractivity contribution in [2.45, 2.75) is 0 Å². The summed E-state index contributed by atoms with van der Waals surface area (Å²) in [6, 6.07) is 11.3. The minimum atomic E-state index is -0.335. The number of H-pyrrole nitrogens is 1. The van der Waals surface area contributed by atoms with Gasteiger partial charge in [-0.25, -0.2) is 0 Å². The van der Waals surface area contributed by atoms with Crippen LogP contribution in [-0.4, -0.2) is 41.3 Å². The van der Waals surface area contributed by atoms with E-state index in [2.05, 4.69) is 27.0 Å². The van der Waals surface area contributed by atoms with E-state index in [1.165, 1.54) is 5.69 Å². The van der Waals surface area contributed by atoms with E-state index in [4.69, 9.17) is 0 Å². The molecule has 2 N–H and O–H groups in total. The van der Waals surface area contributed by atoms with Crippen molar-refractivity contribution in [1.82, 2.24) is 9.97 Å². The van der Waals surface area contributed by atoms with Gasteiger partial charge in [0.05, 0.1) is 6.07 Å². The molecule has 1 aliphatic rings. The van der Waals surface area contributed by atoms with Crippen LogP contribution in [0.1, 0.15) is 0 Å². The molecule has 1 aliphatic heterocycles. The Bertz CT molecular complexity index is 633. The molecule has 0 saturated carbocycles. The first kappa shape index (κ1) is 12.5. The van der Waals surface area contributed by atoms with Gasteiger partial charge in [-0.15, -0.1) is 0 Å². The lowest BCUT2D eigenvalue weighted by Gasteiger charge is -2.36. The molecule has 1 saturated heterocycles. The average molecular weight is 272 g/mol. The summed E-state index contributed by atoms with van der Waals surface area (Å²) in [7, 11) is 0. The van der Waals surface area contributed by atoms with Crippen molar-refractivity contribution >= 4 is 11.6 Å². The molecule has 0 unspecified atom stereocenters. The highest BCUT2D eigenvalue weighted by molar-refractivity contribution is 5.48. The third-order valence-electron chi connectivity index (χ3n) is 3.42. The van der Waals surface area contributed by atoms with Crippen LogP contribution in [0.5, 0.6) is 5.88 Å². The number of rotatable bonds is 2. The van der Waals surface area contributed by atoms with Crippen molar-refractivity contribution in [3.63, 3.8) is 0 Å². The number of hydrogen-bond donors (Lipinski definition) is 2. The molecule has 6 nitrogen and oxygen atoms in total. The smallest absolute Gasteiger partial charge is 0.256 e. The monoisotopic (exact) mass is 272 g/mol. The standard InChI is InChI=1S/C14H16N4O2/c19-12-10-13(20)16-14(15-12)18-8-6-17(7-9-18)11-4-2-1-3-5-11/h1-5,10H,6-9H2,(H2,15,16,19,20). The van der Waals surface area contributed by atoms with Crippen LogP contribution < -0.4 is 15.4 Å². The summed E-state index contributed by atoms with van der Waals surface area (Å²) in [5.74, 6) is 0.192. The van der Waals surface area contributed by atoms with Crippen LogP contribution >= 0.6 is 0 Å². The predicted molar refractivity (Wildman–Crippen MR) is 77.4 cm³/mol. The van der Waals surface area contributed by atoms with Crippen LogP contribution in [-0.2, 0) is 0 Å². The molecule has 0 radical (unpaired) electrons. The third kappa shape index (κ3) is 2.59. The summed E-state index contributed by atoms with van der Waals surface area (Å²) in [5.41, 5.74) is 0.863. The molecule has 0 amide bonds. The number of para-hydroxylation sites is 1. The molecule has 1 aromatic heterocycles. The Morgan fingerprint density at radius 3 is 2.35 bits per heavy atom. The maximum atomic E-state index is 11.3. The second-order valence-electron chi connectivity index (χ2n) is 4.74. The topological polar surface area (TPSA) is 72.5 Å². The van der Waals surface area contributed by atoms with Crippen molar-refractivity contribution < 1.29 is 5.11 Å².